The Morgan fingerprint density at radius 3 is 2.47 bits per heavy atom. The minimum absolute atomic E-state index is 0.478. The fourth-order valence-corrected chi connectivity index (χ4v) is 2.93. The Hall–Kier alpha value is -1.38. The fraction of sp³-hybridized carbons (Fsp3) is 0.500. The van der Waals surface area contributed by atoms with Crippen LogP contribution in [0, 0.1) is 23.5 Å². The van der Waals surface area contributed by atoms with E-state index in [4.69, 9.17) is 0 Å². The number of hydrogen-bond donors (Lipinski definition) is 1. The lowest BCUT2D eigenvalue weighted by molar-refractivity contribution is 0.472. The van der Waals surface area contributed by atoms with E-state index in [1.54, 1.807) is 0 Å². The highest BCUT2D eigenvalue weighted by Crippen LogP contribution is 2.33. The van der Waals surface area contributed by atoms with E-state index in [0.29, 0.717) is 11.8 Å². The van der Waals surface area contributed by atoms with Crippen LogP contribution in [0.2, 0.25) is 0 Å². The average Bonchev–Trinajstić information content (AvgIpc) is 2.72. The van der Waals surface area contributed by atoms with Crippen LogP contribution in [-0.2, 0) is 6.42 Å². The Labute approximate surface area is 113 Å². The topological polar surface area (TPSA) is 12.0 Å². The van der Waals surface area contributed by atoms with Crippen molar-refractivity contribution in [1.82, 2.24) is 5.32 Å². The minimum atomic E-state index is -0.478. The first-order valence-corrected chi connectivity index (χ1v) is 6.87. The standard InChI is InChI=1S/C16H21F2N/c1-11(2)19-10-13-4-3-12(5-13)6-14-7-15(17)9-16(18)8-14/h7-9,12-13,19H,1,3-6,10H2,2H3. The lowest BCUT2D eigenvalue weighted by Crippen LogP contribution is -2.19. The van der Waals surface area contributed by atoms with Crippen LogP contribution < -0.4 is 5.32 Å². The Balaban J connectivity index is 1.86. The Morgan fingerprint density at radius 2 is 1.84 bits per heavy atom. The van der Waals surface area contributed by atoms with Gasteiger partial charge >= 0.3 is 0 Å². The monoisotopic (exact) mass is 265 g/mol. The molecule has 1 aliphatic carbocycles. The summed E-state index contributed by atoms with van der Waals surface area (Å²) >= 11 is 0. The highest BCUT2D eigenvalue weighted by atomic mass is 19.1. The average molecular weight is 265 g/mol. The van der Waals surface area contributed by atoms with E-state index in [9.17, 15) is 8.78 Å². The zero-order valence-corrected chi connectivity index (χ0v) is 11.4. The molecule has 0 aliphatic heterocycles. The highest BCUT2D eigenvalue weighted by Gasteiger charge is 2.24. The number of rotatable bonds is 5. The fourth-order valence-electron chi connectivity index (χ4n) is 2.93. The molecule has 1 aromatic carbocycles. The summed E-state index contributed by atoms with van der Waals surface area (Å²) in [7, 11) is 0. The predicted octanol–water partition coefficient (Wildman–Crippen LogP) is 4.05. The molecule has 0 spiro atoms. The van der Waals surface area contributed by atoms with Crippen LogP contribution in [0.15, 0.2) is 30.5 Å². The van der Waals surface area contributed by atoms with Gasteiger partial charge in [0, 0.05) is 18.3 Å². The number of halogens is 2. The lowest BCUT2D eigenvalue weighted by atomic mass is 9.96. The van der Waals surface area contributed by atoms with Gasteiger partial charge in [0.15, 0.2) is 0 Å². The van der Waals surface area contributed by atoms with Gasteiger partial charge < -0.3 is 5.32 Å². The molecule has 1 fully saturated rings. The molecular weight excluding hydrogens is 244 g/mol. The summed E-state index contributed by atoms with van der Waals surface area (Å²) in [5.74, 6) is 0.236. The maximum absolute atomic E-state index is 13.1. The molecule has 2 rings (SSSR count). The van der Waals surface area contributed by atoms with Crippen molar-refractivity contribution < 1.29 is 8.78 Å². The van der Waals surface area contributed by atoms with Crippen LogP contribution in [0.4, 0.5) is 8.78 Å². The Morgan fingerprint density at radius 1 is 1.21 bits per heavy atom. The number of hydrogen-bond acceptors (Lipinski definition) is 1. The molecule has 3 heteroatoms. The number of allylic oxidation sites excluding steroid dienone is 1. The number of benzene rings is 1. The maximum atomic E-state index is 13.1. The summed E-state index contributed by atoms with van der Waals surface area (Å²) in [5, 5.41) is 3.28. The normalized spacial score (nSPS) is 22.5. The summed E-state index contributed by atoms with van der Waals surface area (Å²) < 4.78 is 26.3. The Kier molecular flexibility index (Phi) is 4.56. The van der Waals surface area contributed by atoms with Gasteiger partial charge in [-0.2, -0.15) is 0 Å². The molecule has 1 aliphatic rings. The third-order valence-electron chi connectivity index (χ3n) is 3.79. The first kappa shape index (κ1) is 14.0. The molecule has 0 saturated heterocycles. The van der Waals surface area contributed by atoms with E-state index in [0.717, 1.165) is 43.1 Å². The second-order valence-electron chi connectivity index (χ2n) is 5.69. The molecule has 0 bridgehead atoms. The van der Waals surface area contributed by atoms with Gasteiger partial charge in [-0.05, 0) is 62.1 Å². The zero-order chi connectivity index (χ0) is 13.8. The third kappa shape index (κ3) is 4.34. The van der Waals surface area contributed by atoms with Crippen LogP contribution in [0.25, 0.3) is 0 Å². The summed E-state index contributed by atoms with van der Waals surface area (Å²) in [6.45, 7) is 6.75. The largest absolute Gasteiger partial charge is 0.389 e. The van der Waals surface area contributed by atoms with E-state index in [-0.39, 0.29) is 0 Å². The Bertz CT molecular complexity index is 436. The van der Waals surface area contributed by atoms with E-state index in [1.165, 1.54) is 18.6 Å². The van der Waals surface area contributed by atoms with Gasteiger partial charge in [-0.25, -0.2) is 8.78 Å². The van der Waals surface area contributed by atoms with Crippen molar-refractivity contribution in [1.29, 1.82) is 0 Å². The molecular formula is C16H21F2N. The molecule has 0 heterocycles. The van der Waals surface area contributed by atoms with Crippen molar-refractivity contribution in [3.05, 3.63) is 47.7 Å². The van der Waals surface area contributed by atoms with Gasteiger partial charge in [0.25, 0.3) is 0 Å². The van der Waals surface area contributed by atoms with Crippen molar-refractivity contribution in [3.8, 4) is 0 Å². The van der Waals surface area contributed by atoms with Gasteiger partial charge in [-0.3, -0.25) is 0 Å². The van der Waals surface area contributed by atoms with Crippen molar-refractivity contribution in [2.45, 2.75) is 32.6 Å². The predicted molar refractivity (Wildman–Crippen MR) is 73.7 cm³/mol. The SMILES string of the molecule is C=C(C)NCC1CCC(Cc2cc(F)cc(F)c2)C1. The van der Waals surface area contributed by atoms with Gasteiger partial charge in [0.2, 0.25) is 0 Å². The molecule has 1 N–H and O–H groups in total. The minimum Gasteiger partial charge on any atom is -0.389 e. The van der Waals surface area contributed by atoms with Crippen LogP contribution >= 0.6 is 0 Å². The van der Waals surface area contributed by atoms with E-state index >= 15 is 0 Å². The zero-order valence-electron chi connectivity index (χ0n) is 11.4. The smallest absolute Gasteiger partial charge is 0.126 e. The lowest BCUT2D eigenvalue weighted by Gasteiger charge is -2.13. The molecule has 1 nitrogen and oxygen atoms in total. The molecule has 19 heavy (non-hydrogen) atoms. The van der Waals surface area contributed by atoms with Crippen molar-refractivity contribution in [3.63, 3.8) is 0 Å². The van der Waals surface area contributed by atoms with Gasteiger partial charge in [-0.1, -0.05) is 6.58 Å². The molecule has 2 unspecified atom stereocenters. The second kappa shape index (κ2) is 6.18. The van der Waals surface area contributed by atoms with Crippen LogP contribution in [0.1, 0.15) is 31.7 Å². The maximum Gasteiger partial charge on any atom is 0.126 e. The summed E-state index contributed by atoms with van der Waals surface area (Å²) in [5.41, 5.74) is 1.77. The molecule has 104 valence electrons. The van der Waals surface area contributed by atoms with Gasteiger partial charge in [0.1, 0.15) is 11.6 Å². The third-order valence-corrected chi connectivity index (χ3v) is 3.79. The summed E-state index contributed by atoms with van der Waals surface area (Å²) in [6.07, 6.45) is 4.22. The van der Waals surface area contributed by atoms with Crippen molar-refractivity contribution in [2.75, 3.05) is 6.54 Å². The van der Waals surface area contributed by atoms with Gasteiger partial charge in [-0.15, -0.1) is 0 Å². The van der Waals surface area contributed by atoms with E-state index < -0.39 is 11.6 Å². The van der Waals surface area contributed by atoms with Gasteiger partial charge in [0.05, 0.1) is 0 Å². The highest BCUT2D eigenvalue weighted by molar-refractivity contribution is 5.18. The molecule has 2 atom stereocenters. The van der Waals surface area contributed by atoms with Crippen LogP contribution in [0.5, 0.6) is 0 Å². The first-order valence-electron chi connectivity index (χ1n) is 6.87. The molecule has 1 aromatic rings. The van der Waals surface area contributed by atoms with Crippen LogP contribution in [-0.4, -0.2) is 6.54 Å². The second-order valence-corrected chi connectivity index (χ2v) is 5.69. The molecule has 0 amide bonds. The van der Waals surface area contributed by atoms with E-state index in [2.05, 4.69) is 11.9 Å². The summed E-state index contributed by atoms with van der Waals surface area (Å²) in [6, 6.07) is 3.82. The van der Waals surface area contributed by atoms with Crippen molar-refractivity contribution in [2.24, 2.45) is 11.8 Å². The van der Waals surface area contributed by atoms with E-state index in [1.807, 2.05) is 6.92 Å². The van der Waals surface area contributed by atoms with Crippen LogP contribution in [0.3, 0.4) is 0 Å². The molecule has 1 saturated carbocycles. The molecule has 0 aromatic heterocycles. The summed E-state index contributed by atoms with van der Waals surface area (Å²) in [4.78, 5) is 0. The molecule has 0 radical (unpaired) electrons. The van der Waals surface area contributed by atoms with Crippen molar-refractivity contribution >= 4 is 0 Å². The first-order chi connectivity index (χ1) is 9.02. The number of nitrogens with one attached hydrogen (secondary N) is 1. The quantitative estimate of drug-likeness (QED) is 0.847.